The molecular weight excluding hydrogens is 304 g/mol. The summed E-state index contributed by atoms with van der Waals surface area (Å²) in [6.07, 6.45) is 4.29. The number of aliphatic hydroxyl groups excluding tert-OH is 2. The molecule has 0 amide bonds. The molecule has 0 spiro atoms. The molecule has 4 nitrogen and oxygen atoms in total. The van der Waals surface area contributed by atoms with Gasteiger partial charge in [0.05, 0.1) is 12.2 Å². The average Bonchev–Trinajstić information content (AvgIpc) is 3.29. The molecule has 2 heterocycles. The summed E-state index contributed by atoms with van der Waals surface area (Å²) in [4.78, 5) is 0. The summed E-state index contributed by atoms with van der Waals surface area (Å²) in [5.74, 6) is 7.76. The second-order valence-electron chi connectivity index (χ2n) is 10.4. The van der Waals surface area contributed by atoms with Gasteiger partial charge in [0.25, 0.3) is 0 Å². The Bertz CT molecular complexity index is 583. The van der Waals surface area contributed by atoms with Gasteiger partial charge in [0.15, 0.2) is 12.6 Å². The van der Waals surface area contributed by atoms with E-state index in [2.05, 4.69) is 0 Å². The Morgan fingerprint density at radius 2 is 0.875 bits per heavy atom. The van der Waals surface area contributed by atoms with Gasteiger partial charge in [-0.3, -0.25) is 0 Å². The van der Waals surface area contributed by atoms with Crippen molar-refractivity contribution in [3.8, 4) is 0 Å². The van der Waals surface area contributed by atoms with E-state index in [0.717, 1.165) is 36.5 Å². The molecule has 0 bridgehead atoms. The van der Waals surface area contributed by atoms with Crippen LogP contribution in [0.15, 0.2) is 0 Å². The summed E-state index contributed by atoms with van der Waals surface area (Å²) in [7, 11) is 0. The van der Waals surface area contributed by atoms with Crippen LogP contribution < -0.4 is 0 Å². The molecule has 16 atom stereocenters. The third-order valence-electron chi connectivity index (χ3n) is 10.6. The third kappa shape index (κ3) is 1.08. The van der Waals surface area contributed by atoms with Crippen molar-refractivity contribution < 1.29 is 19.7 Å². The maximum absolute atomic E-state index is 10.9. The third-order valence-corrected chi connectivity index (χ3v) is 10.6. The highest BCUT2D eigenvalue weighted by molar-refractivity contribution is 5.27. The van der Waals surface area contributed by atoms with Crippen LogP contribution in [0.3, 0.4) is 0 Å². The van der Waals surface area contributed by atoms with Gasteiger partial charge in [-0.15, -0.1) is 0 Å². The fourth-order valence-corrected chi connectivity index (χ4v) is 10.9. The fraction of sp³-hybridized carbons (Fsp3) is 1.00. The van der Waals surface area contributed by atoms with E-state index in [1.54, 1.807) is 0 Å². The molecule has 4 heteroatoms. The van der Waals surface area contributed by atoms with Gasteiger partial charge in [-0.05, 0) is 84.9 Å². The van der Waals surface area contributed by atoms with E-state index in [4.69, 9.17) is 9.47 Å². The Hall–Kier alpha value is -0.160. The van der Waals surface area contributed by atoms with Crippen LogP contribution >= 0.6 is 0 Å². The molecule has 6 aliphatic carbocycles. The lowest BCUT2D eigenvalue weighted by Gasteiger charge is -2.44. The highest BCUT2D eigenvalue weighted by Crippen LogP contribution is 2.82. The van der Waals surface area contributed by atoms with Gasteiger partial charge in [0.1, 0.15) is 0 Å². The van der Waals surface area contributed by atoms with Gasteiger partial charge in [0, 0.05) is 11.8 Å². The Morgan fingerprint density at radius 3 is 1.33 bits per heavy atom. The first-order chi connectivity index (χ1) is 11.8. The first-order valence-electron chi connectivity index (χ1n) is 10.4. The molecule has 0 aromatic carbocycles. The average molecular weight is 330 g/mol. The van der Waals surface area contributed by atoms with E-state index in [1.807, 2.05) is 0 Å². The van der Waals surface area contributed by atoms with Gasteiger partial charge >= 0.3 is 0 Å². The molecule has 0 aromatic heterocycles. The number of aliphatic hydroxyl groups is 2. The molecule has 8 fully saturated rings. The molecule has 2 N–H and O–H groups in total. The van der Waals surface area contributed by atoms with Crippen molar-refractivity contribution in [3.63, 3.8) is 0 Å². The molecular formula is C20H26O4. The van der Waals surface area contributed by atoms with E-state index >= 15 is 0 Å². The molecule has 8 aliphatic rings. The Kier molecular flexibility index (Phi) is 2.05. The second kappa shape index (κ2) is 3.76. The van der Waals surface area contributed by atoms with Crippen molar-refractivity contribution in [3.05, 3.63) is 0 Å². The zero-order valence-corrected chi connectivity index (χ0v) is 13.8. The van der Waals surface area contributed by atoms with E-state index in [0.29, 0.717) is 59.6 Å². The number of hydrogen-bond acceptors (Lipinski definition) is 4. The number of hydrogen-bond donors (Lipinski definition) is 2. The summed E-state index contributed by atoms with van der Waals surface area (Å²) < 4.78 is 12.4. The summed E-state index contributed by atoms with van der Waals surface area (Å²) in [6, 6.07) is 0. The second-order valence-corrected chi connectivity index (χ2v) is 10.4. The fourth-order valence-electron chi connectivity index (χ4n) is 10.9. The van der Waals surface area contributed by atoms with Crippen LogP contribution in [-0.2, 0) is 9.47 Å². The monoisotopic (exact) mass is 330 g/mol. The normalized spacial score (nSPS) is 78.2. The summed E-state index contributed by atoms with van der Waals surface area (Å²) in [5, 5.41) is 21.9. The smallest absolute Gasteiger partial charge is 0.158 e. The first-order valence-corrected chi connectivity index (χ1v) is 10.4. The van der Waals surface area contributed by atoms with E-state index in [1.165, 1.54) is 12.8 Å². The zero-order valence-electron chi connectivity index (χ0n) is 13.8. The molecule has 2 saturated heterocycles. The zero-order chi connectivity index (χ0) is 15.5. The minimum absolute atomic E-state index is 0.294. The maximum atomic E-state index is 10.9. The van der Waals surface area contributed by atoms with Gasteiger partial charge in [-0.1, -0.05) is 0 Å². The SMILES string of the molecule is O[C@H]1O[C@@H]2CC[C@H]3[C@@H]4[C@H]5[C@@H]6[C@H]([C@@H]7CC[C@@H]8O[C@H](O)[C@@H]4[C@@H]6[C@H]78)[C@H]1[C@@H]5[C@@H]32. The molecule has 0 unspecified atom stereocenters. The van der Waals surface area contributed by atoms with Crippen molar-refractivity contribution in [2.24, 2.45) is 71.0 Å². The maximum Gasteiger partial charge on any atom is 0.158 e. The number of ether oxygens (including phenoxy) is 2. The molecule has 0 aromatic rings. The largest absolute Gasteiger partial charge is 0.368 e. The van der Waals surface area contributed by atoms with Crippen molar-refractivity contribution >= 4 is 0 Å². The first kappa shape index (κ1) is 13.1. The lowest BCUT2D eigenvalue weighted by atomic mass is 9.70. The number of rotatable bonds is 0. The van der Waals surface area contributed by atoms with Crippen LogP contribution in [-0.4, -0.2) is 35.0 Å². The summed E-state index contributed by atoms with van der Waals surface area (Å²) in [5.41, 5.74) is 0. The van der Waals surface area contributed by atoms with Gasteiger partial charge in [-0.25, -0.2) is 0 Å². The minimum Gasteiger partial charge on any atom is -0.368 e. The van der Waals surface area contributed by atoms with E-state index in [-0.39, 0.29) is 0 Å². The standard InChI is InChI=1S/C20H26O4/c21-19-17-11-5-1-3-7-9(5)13-15(11)16-12(18(13)20(22)23-7)6-2-4-8(24-19)10(6)14(16)17/h5-22H,1-4H2/t5-,6-,7-,8+,9+,10-,11-,12+,13-,14-,15-,16-,17+,18+,19+,20+/m1/s1. The van der Waals surface area contributed by atoms with E-state index in [9.17, 15) is 10.2 Å². The lowest BCUT2D eigenvalue weighted by Crippen LogP contribution is -2.48. The van der Waals surface area contributed by atoms with Crippen molar-refractivity contribution in [1.29, 1.82) is 0 Å². The Labute approximate surface area is 141 Å². The lowest BCUT2D eigenvalue weighted by molar-refractivity contribution is -0.238. The highest BCUT2D eigenvalue weighted by Gasteiger charge is 2.81. The van der Waals surface area contributed by atoms with Crippen LogP contribution in [0.5, 0.6) is 0 Å². The Morgan fingerprint density at radius 1 is 0.458 bits per heavy atom. The van der Waals surface area contributed by atoms with E-state index < -0.39 is 12.6 Å². The van der Waals surface area contributed by atoms with Gasteiger partial charge in [0.2, 0.25) is 0 Å². The number of fused-ring (bicyclic) bond motifs is 4. The van der Waals surface area contributed by atoms with Gasteiger partial charge < -0.3 is 19.7 Å². The highest BCUT2D eigenvalue weighted by atomic mass is 16.6. The molecule has 6 saturated carbocycles. The van der Waals surface area contributed by atoms with Crippen LogP contribution in [0.1, 0.15) is 25.7 Å². The van der Waals surface area contributed by atoms with Gasteiger partial charge in [-0.2, -0.15) is 0 Å². The van der Waals surface area contributed by atoms with Crippen molar-refractivity contribution in [2.45, 2.75) is 50.5 Å². The molecule has 8 rings (SSSR count). The quantitative estimate of drug-likeness (QED) is 0.706. The molecule has 24 heavy (non-hydrogen) atoms. The van der Waals surface area contributed by atoms with Crippen LogP contribution in [0.25, 0.3) is 0 Å². The van der Waals surface area contributed by atoms with Crippen LogP contribution in [0.2, 0.25) is 0 Å². The Balaban J connectivity index is 1.38. The summed E-state index contributed by atoms with van der Waals surface area (Å²) in [6.45, 7) is 0. The van der Waals surface area contributed by atoms with Crippen molar-refractivity contribution in [2.75, 3.05) is 0 Å². The molecule has 0 radical (unpaired) electrons. The van der Waals surface area contributed by atoms with Crippen LogP contribution in [0, 0.1) is 71.0 Å². The summed E-state index contributed by atoms with van der Waals surface area (Å²) >= 11 is 0. The van der Waals surface area contributed by atoms with Crippen LogP contribution in [0.4, 0.5) is 0 Å². The molecule has 2 aliphatic heterocycles. The molecule has 130 valence electrons. The predicted molar refractivity (Wildman–Crippen MR) is 82.1 cm³/mol. The minimum atomic E-state index is -0.521. The topological polar surface area (TPSA) is 58.9 Å². The van der Waals surface area contributed by atoms with Crippen molar-refractivity contribution in [1.82, 2.24) is 0 Å². The predicted octanol–water partition coefficient (Wildman–Crippen LogP) is 1.46.